The molecule has 1 saturated carbocycles. The normalized spacial score (nSPS) is 26.5. The zero-order valence-corrected chi connectivity index (χ0v) is 14.5. The first-order valence-electron chi connectivity index (χ1n) is 8.25. The Balaban J connectivity index is 1.78. The molecule has 0 aliphatic heterocycles. The molecule has 1 aliphatic carbocycles. The Kier molecular flexibility index (Phi) is 6.27. The van der Waals surface area contributed by atoms with Gasteiger partial charge < -0.3 is 10.6 Å². The van der Waals surface area contributed by atoms with Gasteiger partial charge in [0.1, 0.15) is 0 Å². The molecule has 1 aromatic carbocycles. The third-order valence-electron chi connectivity index (χ3n) is 4.99. The van der Waals surface area contributed by atoms with Gasteiger partial charge in [-0.25, -0.2) is 0 Å². The van der Waals surface area contributed by atoms with Gasteiger partial charge >= 0.3 is 0 Å². The summed E-state index contributed by atoms with van der Waals surface area (Å²) < 4.78 is 0. The lowest BCUT2D eigenvalue weighted by Crippen LogP contribution is -2.46. The highest BCUT2D eigenvalue weighted by atomic mass is 35.5. The molecule has 0 spiro atoms. The second kappa shape index (κ2) is 7.98. The molecule has 22 heavy (non-hydrogen) atoms. The average Bonchev–Trinajstić information content (AvgIpc) is 2.50. The van der Waals surface area contributed by atoms with Crippen LogP contribution in [0.3, 0.4) is 0 Å². The Morgan fingerprint density at radius 3 is 2.64 bits per heavy atom. The molecule has 122 valence electrons. The van der Waals surface area contributed by atoms with Gasteiger partial charge in [-0.05, 0) is 42.9 Å². The van der Waals surface area contributed by atoms with E-state index in [1.54, 1.807) is 0 Å². The third kappa shape index (κ3) is 4.72. The van der Waals surface area contributed by atoms with Crippen LogP contribution in [0.4, 0.5) is 0 Å². The van der Waals surface area contributed by atoms with Gasteiger partial charge in [0.05, 0.1) is 6.54 Å². The van der Waals surface area contributed by atoms with Crippen molar-refractivity contribution in [3.63, 3.8) is 0 Å². The van der Waals surface area contributed by atoms with Crippen molar-refractivity contribution in [3.05, 3.63) is 34.9 Å². The van der Waals surface area contributed by atoms with Crippen molar-refractivity contribution < 1.29 is 4.79 Å². The van der Waals surface area contributed by atoms with Crippen LogP contribution in [0.25, 0.3) is 0 Å². The fourth-order valence-electron chi connectivity index (χ4n) is 3.16. The molecule has 0 heterocycles. The molecule has 0 bridgehead atoms. The molecular weight excluding hydrogens is 296 g/mol. The molecular formula is C18H27ClN2O. The first-order valence-corrected chi connectivity index (χ1v) is 8.63. The van der Waals surface area contributed by atoms with Crippen LogP contribution < -0.4 is 10.6 Å². The summed E-state index contributed by atoms with van der Waals surface area (Å²) in [5, 5.41) is 7.20. The quantitative estimate of drug-likeness (QED) is 0.862. The summed E-state index contributed by atoms with van der Waals surface area (Å²) in [5.74, 6) is 1.35. The maximum Gasteiger partial charge on any atom is 0.234 e. The van der Waals surface area contributed by atoms with Gasteiger partial charge in [-0.3, -0.25) is 4.79 Å². The molecule has 0 saturated heterocycles. The Labute approximate surface area is 138 Å². The van der Waals surface area contributed by atoms with E-state index < -0.39 is 0 Å². The van der Waals surface area contributed by atoms with Crippen LogP contribution in [0.2, 0.25) is 5.02 Å². The van der Waals surface area contributed by atoms with Crippen molar-refractivity contribution in [1.82, 2.24) is 10.6 Å². The predicted molar refractivity (Wildman–Crippen MR) is 92.0 cm³/mol. The molecule has 1 aromatic rings. The number of carbonyl (C=O) groups excluding carboxylic acids is 1. The van der Waals surface area contributed by atoms with Crippen LogP contribution >= 0.6 is 11.6 Å². The summed E-state index contributed by atoms with van der Waals surface area (Å²) >= 11 is 5.89. The second-order valence-electron chi connectivity index (χ2n) is 6.60. The van der Waals surface area contributed by atoms with E-state index in [1.165, 1.54) is 12.8 Å². The highest BCUT2D eigenvalue weighted by molar-refractivity contribution is 6.30. The van der Waals surface area contributed by atoms with E-state index in [-0.39, 0.29) is 11.9 Å². The van der Waals surface area contributed by atoms with Gasteiger partial charge in [-0.2, -0.15) is 0 Å². The van der Waals surface area contributed by atoms with E-state index in [4.69, 9.17) is 11.6 Å². The monoisotopic (exact) mass is 322 g/mol. The topological polar surface area (TPSA) is 41.1 Å². The summed E-state index contributed by atoms with van der Waals surface area (Å²) in [5.41, 5.74) is 1.14. The second-order valence-corrected chi connectivity index (χ2v) is 7.03. The Morgan fingerprint density at radius 2 is 1.95 bits per heavy atom. The van der Waals surface area contributed by atoms with E-state index in [0.717, 1.165) is 17.0 Å². The number of nitrogens with one attached hydrogen (secondary N) is 2. The standard InChI is InChI=1S/C18H27ClN2O/c1-12-5-4-6-17(13(12)2)21-18(22)11-20-14(3)15-7-9-16(19)10-8-15/h7-10,12-14,17,20H,4-6,11H2,1-3H3,(H,21,22)/t12-,13+,14-,17-/m0/s1. The predicted octanol–water partition coefficient (Wildman–Crippen LogP) is 3.93. The molecule has 1 aliphatic rings. The molecule has 3 nitrogen and oxygen atoms in total. The van der Waals surface area contributed by atoms with E-state index in [0.29, 0.717) is 24.4 Å². The molecule has 0 aromatic heterocycles. The Bertz CT molecular complexity index is 488. The minimum absolute atomic E-state index is 0.0896. The third-order valence-corrected chi connectivity index (χ3v) is 5.24. The van der Waals surface area contributed by atoms with E-state index in [9.17, 15) is 4.79 Å². The van der Waals surface area contributed by atoms with Crippen LogP contribution in [-0.4, -0.2) is 18.5 Å². The zero-order chi connectivity index (χ0) is 16.1. The van der Waals surface area contributed by atoms with Crippen LogP contribution in [0.15, 0.2) is 24.3 Å². The average molecular weight is 323 g/mol. The number of amides is 1. The lowest BCUT2D eigenvalue weighted by atomic mass is 9.78. The fraction of sp³-hybridized carbons (Fsp3) is 0.611. The van der Waals surface area contributed by atoms with E-state index >= 15 is 0 Å². The number of carbonyl (C=O) groups is 1. The number of rotatable bonds is 5. The first kappa shape index (κ1) is 17.3. The number of hydrogen-bond acceptors (Lipinski definition) is 2. The summed E-state index contributed by atoms with van der Waals surface area (Å²) in [7, 11) is 0. The van der Waals surface area contributed by atoms with E-state index in [2.05, 4.69) is 31.4 Å². The smallest absolute Gasteiger partial charge is 0.234 e. The molecule has 1 amide bonds. The SMILES string of the molecule is C[C@H]1[C@@H](NC(=O)CN[C@@H](C)c2ccc(Cl)cc2)CCC[C@@H]1C. The first-order chi connectivity index (χ1) is 10.5. The molecule has 4 atom stereocenters. The maximum atomic E-state index is 12.2. The molecule has 2 N–H and O–H groups in total. The summed E-state index contributed by atoms with van der Waals surface area (Å²) in [6.45, 7) is 6.94. The number of halogens is 1. The van der Waals surface area contributed by atoms with Gasteiger partial charge in [0, 0.05) is 17.1 Å². The van der Waals surface area contributed by atoms with Gasteiger partial charge in [0.2, 0.25) is 5.91 Å². The Morgan fingerprint density at radius 1 is 1.27 bits per heavy atom. The number of hydrogen-bond donors (Lipinski definition) is 2. The molecule has 2 rings (SSSR count). The van der Waals surface area contributed by atoms with Crippen LogP contribution in [0.5, 0.6) is 0 Å². The van der Waals surface area contributed by atoms with Crippen molar-refractivity contribution in [2.75, 3.05) is 6.54 Å². The Hall–Kier alpha value is -1.06. The van der Waals surface area contributed by atoms with Gasteiger partial charge in [-0.1, -0.05) is 50.4 Å². The van der Waals surface area contributed by atoms with Gasteiger partial charge in [-0.15, -0.1) is 0 Å². The fourth-order valence-corrected chi connectivity index (χ4v) is 3.28. The van der Waals surface area contributed by atoms with E-state index in [1.807, 2.05) is 24.3 Å². The highest BCUT2D eigenvalue weighted by Crippen LogP contribution is 2.29. The van der Waals surface area contributed by atoms with Crippen LogP contribution in [0.1, 0.15) is 51.6 Å². The van der Waals surface area contributed by atoms with Crippen molar-refractivity contribution >= 4 is 17.5 Å². The molecule has 4 heteroatoms. The lowest BCUT2D eigenvalue weighted by molar-refractivity contribution is -0.121. The largest absolute Gasteiger partial charge is 0.352 e. The minimum Gasteiger partial charge on any atom is -0.352 e. The zero-order valence-electron chi connectivity index (χ0n) is 13.7. The summed E-state index contributed by atoms with van der Waals surface area (Å²) in [6, 6.07) is 8.18. The van der Waals surface area contributed by atoms with Gasteiger partial charge in [0.25, 0.3) is 0 Å². The summed E-state index contributed by atoms with van der Waals surface area (Å²) in [4.78, 5) is 12.2. The summed E-state index contributed by atoms with van der Waals surface area (Å²) in [6.07, 6.45) is 3.59. The van der Waals surface area contributed by atoms with Crippen molar-refractivity contribution in [2.45, 2.75) is 52.1 Å². The lowest BCUT2D eigenvalue weighted by Gasteiger charge is -2.34. The molecule has 0 radical (unpaired) electrons. The van der Waals surface area contributed by atoms with Crippen molar-refractivity contribution in [3.8, 4) is 0 Å². The van der Waals surface area contributed by atoms with Crippen molar-refractivity contribution in [1.29, 1.82) is 0 Å². The van der Waals surface area contributed by atoms with Crippen LogP contribution in [0, 0.1) is 11.8 Å². The van der Waals surface area contributed by atoms with Crippen molar-refractivity contribution in [2.24, 2.45) is 11.8 Å². The number of benzene rings is 1. The maximum absolute atomic E-state index is 12.2. The highest BCUT2D eigenvalue weighted by Gasteiger charge is 2.27. The van der Waals surface area contributed by atoms with Gasteiger partial charge in [0.15, 0.2) is 0 Å². The molecule has 1 fully saturated rings. The van der Waals surface area contributed by atoms with Crippen LogP contribution in [-0.2, 0) is 4.79 Å². The minimum atomic E-state index is 0.0896. The molecule has 0 unspecified atom stereocenters.